The van der Waals surface area contributed by atoms with Crippen LogP contribution in [-0.4, -0.2) is 32.3 Å². The van der Waals surface area contributed by atoms with E-state index in [9.17, 15) is 13.6 Å². The molecule has 0 radical (unpaired) electrons. The van der Waals surface area contributed by atoms with Crippen molar-refractivity contribution in [1.29, 1.82) is 0 Å². The van der Waals surface area contributed by atoms with Gasteiger partial charge in [0.15, 0.2) is 17.4 Å². The Bertz CT molecular complexity index is 392. The number of likely N-dealkylation sites (N-methyl/N-ethyl adjacent to an activating group) is 1. The van der Waals surface area contributed by atoms with Gasteiger partial charge in [-0.3, -0.25) is 4.79 Å². The van der Waals surface area contributed by atoms with Crippen LogP contribution in [0.1, 0.15) is 6.92 Å². The minimum Gasteiger partial charge on any atom is -0.485 e. The number of carbonyl (C=O) groups excluding carboxylic acids is 1. The van der Waals surface area contributed by atoms with Gasteiger partial charge >= 0.3 is 5.97 Å². The van der Waals surface area contributed by atoms with E-state index in [1.54, 1.807) is 6.92 Å². The predicted octanol–water partition coefficient (Wildman–Crippen LogP) is 1.49. The van der Waals surface area contributed by atoms with E-state index in [-0.39, 0.29) is 13.2 Å². The topological polar surface area (TPSA) is 47.6 Å². The molecule has 1 N–H and O–H groups in total. The van der Waals surface area contributed by atoms with Crippen molar-refractivity contribution >= 4 is 5.97 Å². The number of halogens is 2. The fourth-order valence-electron chi connectivity index (χ4n) is 1.30. The summed E-state index contributed by atoms with van der Waals surface area (Å²) in [6.45, 7) is 1.68. The van der Waals surface area contributed by atoms with E-state index < -0.39 is 29.4 Å². The van der Waals surface area contributed by atoms with Gasteiger partial charge in [-0.05, 0) is 26.1 Å². The molecule has 0 fully saturated rings. The molecule has 0 aromatic heterocycles. The third kappa shape index (κ3) is 3.66. The van der Waals surface area contributed by atoms with Gasteiger partial charge in [-0.1, -0.05) is 6.07 Å². The SMILES string of the molecule is CCOC(=O)C(COc1c(F)cccc1F)NC. The minimum atomic E-state index is -0.811. The van der Waals surface area contributed by atoms with Crippen molar-refractivity contribution in [3.8, 4) is 5.75 Å². The van der Waals surface area contributed by atoms with E-state index in [2.05, 4.69) is 5.32 Å². The first-order valence-corrected chi connectivity index (χ1v) is 5.50. The summed E-state index contributed by atoms with van der Waals surface area (Å²) in [6.07, 6.45) is 0. The number of rotatable bonds is 6. The van der Waals surface area contributed by atoms with Crippen LogP contribution in [0.2, 0.25) is 0 Å². The normalized spacial score (nSPS) is 12.0. The van der Waals surface area contributed by atoms with Crippen LogP contribution < -0.4 is 10.1 Å². The molecule has 6 heteroatoms. The van der Waals surface area contributed by atoms with E-state index in [0.717, 1.165) is 12.1 Å². The molecule has 18 heavy (non-hydrogen) atoms. The van der Waals surface area contributed by atoms with E-state index in [0.29, 0.717) is 0 Å². The quantitative estimate of drug-likeness (QED) is 0.786. The maximum absolute atomic E-state index is 13.3. The highest BCUT2D eigenvalue weighted by molar-refractivity contribution is 5.75. The van der Waals surface area contributed by atoms with Gasteiger partial charge in [-0.15, -0.1) is 0 Å². The summed E-state index contributed by atoms with van der Waals surface area (Å²) in [7, 11) is 1.53. The second-order valence-corrected chi connectivity index (χ2v) is 3.46. The Labute approximate surface area is 104 Å². The van der Waals surface area contributed by atoms with Gasteiger partial charge < -0.3 is 14.8 Å². The van der Waals surface area contributed by atoms with E-state index in [4.69, 9.17) is 9.47 Å². The summed E-state index contributed by atoms with van der Waals surface area (Å²) < 4.78 is 36.3. The number of carbonyl (C=O) groups is 1. The Kier molecular flexibility index (Phi) is 5.51. The highest BCUT2D eigenvalue weighted by Crippen LogP contribution is 2.20. The zero-order valence-corrected chi connectivity index (χ0v) is 10.2. The molecule has 100 valence electrons. The minimum absolute atomic E-state index is 0.215. The van der Waals surface area contributed by atoms with Crippen molar-refractivity contribution in [1.82, 2.24) is 5.32 Å². The molecular weight excluding hydrogens is 244 g/mol. The number of nitrogens with one attached hydrogen (secondary N) is 1. The molecule has 1 aromatic rings. The van der Waals surface area contributed by atoms with Crippen molar-refractivity contribution < 1.29 is 23.0 Å². The van der Waals surface area contributed by atoms with Gasteiger partial charge in [0.1, 0.15) is 12.6 Å². The Morgan fingerprint density at radius 1 is 1.39 bits per heavy atom. The van der Waals surface area contributed by atoms with Crippen molar-refractivity contribution in [2.45, 2.75) is 13.0 Å². The largest absolute Gasteiger partial charge is 0.485 e. The van der Waals surface area contributed by atoms with Crippen molar-refractivity contribution in [3.63, 3.8) is 0 Å². The number of ether oxygens (including phenoxy) is 2. The first-order chi connectivity index (χ1) is 8.60. The molecule has 0 bridgehead atoms. The number of esters is 1. The molecule has 0 aliphatic carbocycles. The van der Waals surface area contributed by atoms with E-state index >= 15 is 0 Å². The van der Waals surface area contributed by atoms with Crippen LogP contribution in [-0.2, 0) is 9.53 Å². The lowest BCUT2D eigenvalue weighted by molar-refractivity contribution is -0.146. The average molecular weight is 259 g/mol. The van der Waals surface area contributed by atoms with Crippen molar-refractivity contribution in [2.75, 3.05) is 20.3 Å². The summed E-state index contributed by atoms with van der Waals surface area (Å²) in [6, 6.07) is 2.62. The van der Waals surface area contributed by atoms with Gasteiger partial charge in [0, 0.05) is 0 Å². The summed E-state index contributed by atoms with van der Waals surface area (Å²) in [5.74, 6) is -2.65. The summed E-state index contributed by atoms with van der Waals surface area (Å²) in [4.78, 5) is 11.4. The smallest absolute Gasteiger partial charge is 0.326 e. The molecule has 4 nitrogen and oxygen atoms in total. The predicted molar refractivity (Wildman–Crippen MR) is 61.3 cm³/mol. The Morgan fingerprint density at radius 3 is 2.50 bits per heavy atom. The Balaban J connectivity index is 2.65. The van der Waals surface area contributed by atoms with Gasteiger partial charge in [-0.2, -0.15) is 0 Å². The van der Waals surface area contributed by atoms with Crippen LogP contribution in [0.25, 0.3) is 0 Å². The van der Waals surface area contributed by atoms with Gasteiger partial charge in [0.25, 0.3) is 0 Å². The molecular formula is C12H15F2NO3. The molecule has 0 aliphatic heterocycles. The van der Waals surface area contributed by atoms with Crippen LogP contribution in [0.5, 0.6) is 5.75 Å². The van der Waals surface area contributed by atoms with Gasteiger partial charge in [0.2, 0.25) is 0 Å². The molecule has 1 rings (SSSR count). The summed E-state index contributed by atoms with van der Waals surface area (Å²) >= 11 is 0. The zero-order valence-electron chi connectivity index (χ0n) is 10.2. The molecule has 0 heterocycles. The molecule has 0 saturated carbocycles. The number of hydrogen-bond acceptors (Lipinski definition) is 4. The fraction of sp³-hybridized carbons (Fsp3) is 0.417. The standard InChI is InChI=1S/C12H15F2NO3/c1-3-17-12(16)10(15-2)7-18-11-8(13)5-4-6-9(11)14/h4-6,10,15H,3,7H2,1-2H3. The molecule has 0 saturated heterocycles. The first kappa shape index (κ1) is 14.4. The van der Waals surface area contributed by atoms with E-state index in [1.807, 2.05) is 0 Å². The number of hydrogen-bond donors (Lipinski definition) is 1. The second kappa shape index (κ2) is 6.90. The maximum Gasteiger partial charge on any atom is 0.326 e. The van der Waals surface area contributed by atoms with Crippen LogP contribution in [0, 0.1) is 11.6 Å². The third-order valence-electron chi connectivity index (χ3n) is 2.23. The highest BCUT2D eigenvalue weighted by Gasteiger charge is 2.20. The van der Waals surface area contributed by atoms with Crippen LogP contribution in [0.4, 0.5) is 8.78 Å². The third-order valence-corrected chi connectivity index (χ3v) is 2.23. The summed E-state index contributed by atoms with van der Waals surface area (Å²) in [5.41, 5.74) is 0. The van der Waals surface area contributed by atoms with Crippen LogP contribution in [0.15, 0.2) is 18.2 Å². The lowest BCUT2D eigenvalue weighted by atomic mass is 10.3. The lowest BCUT2D eigenvalue weighted by Gasteiger charge is -2.16. The van der Waals surface area contributed by atoms with Crippen molar-refractivity contribution in [2.24, 2.45) is 0 Å². The first-order valence-electron chi connectivity index (χ1n) is 5.50. The zero-order chi connectivity index (χ0) is 13.5. The van der Waals surface area contributed by atoms with Crippen LogP contribution in [0.3, 0.4) is 0 Å². The second-order valence-electron chi connectivity index (χ2n) is 3.46. The van der Waals surface area contributed by atoms with Gasteiger partial charge in [0.05, 0.1) is 6.61 Å². The fourth-order valence-corrected chi connectivity index (χ4v) is 1.30. The Morgan fingerprint density at radius 2 is 2.00 bits per heavy atom. The molecule has 0 spiro atoms. The number of benzene rings is 1. The average Bonchev–Trinajstić information content (AvgIpc) is 2.33. The van der Waals surface area contributed by atoms with E-state index in [1.165, 1.54) is 13.1 Å². The number of para-hydroxylation sites is 1. The Hall–Kier alpha value is -1.69. The molecule has 1 atom stereocenters. The molecule has 1 aromatic carbocycles. The molecule has 0 amide bonds. The highest BCUT2D eigenvalue weighted by atomic mass is 19.1. The maximum atomic E-state index is 13.3. The lowest BCUT2D eigenvalue weighted by Crippen LogP contribution is -2.40. The summed E-state index contributed by atoms with van der Waals surface area (Å²) in [5, 5.41) is 2.65. The molecule has 0 aliphatic rings. The monoisotopic (exact) mass is 259 g/mol. The van der Waals surface area contributed by atoms with Gasteiger partial charge in [-0.25, -0.2) is 8.78 Å². The van der Waals surface area contributed by atoms with Crippen LogP contribution >= 0.6 is 0 Å². The molecule has 1 unspecified atom stereocenters. The van der Waals surface area contributed by atoms with Crippen molar-refractivity contribution in [3.05, 3.63) is 29.8 Å².